The largest absolute Gasteiger partial charge is 0.496 e. The maximum Gasteiger partial charge on any atom is 0.306 e. The van der Waals surface area contributed by atoms with E-state index in [9.17, 15) is 4.79 Å². The Kier molecular flexibility index (Phi) is 7.28. The number of esters is 1. The number of carbonyl (C=O) groups excluding carboxylic acids is 1. The van der Waals surface area contributed by atoms with Crippen molar-refractivity contribution >= 4 is 22.8 Å². The van der Waals surface area contributed by atoms with Crippen LogP contribution in [0.5, 0.6) is 11.5 Å². The maximum absolute atomic E-state index is 11.4. The number of aryl methyl sites for hydroxylation is 1. The Hall–Kier alpha value is -3.27. The first kappa shape index (κ1) is 20.5. The van der Waals surface area contributed by atoms with Crippen molar-refractivity contribution < 1.29 is 19.0 Å². The van der Waals surface area contributed by atoms with E-state index in [1.165, 1.54) is 5.39 Å². The van der Waals surface area contributed by atoms with Crippen LogP contribution in [0.1, 0.15) is 24.5 Å². The second-order valence-electron chi connectivity index (χ2n) is 6.56. The van der Waals surface area contributed by atoms with Gasteiger partial charge in [-0.2, -0.15) is 0 Å². The van der Waals surface area contributed by atoms with E-state index in [-0.39, 0.29) is 5.97 Å². The summed E-state index contributed by atoms with van der Waals surface area (Å²) in [6.45, 7) is 2.69. The number of methoxy groups -OCH3 is 1. The molecule has 0 radical (unpaired) electrons. The van der Waals surface area contributed by atoms with E-state index in [1.807, 2.05) is 61.5 Å². The molecule has 0 aliphatic carbocycles. The Balaban J connectivity index is 1.58. The van der Waals surface area contributed by atoms with Crippen LogP contribution in [0.25, 0.3) is 16.8 Å². The Morgan fingerprint density at radius 3 is 2.55 bits per heavy atom. The summed E-state index contributed by atoms with van der Waals surface area (Å²) in [7, 11) is 1.68. The van der Waals surface area contributed by atoms with Crippen molar-refractivity contribution in [2.24, 2.45) is 0 Å². The lowest BCUT2D eigenvalue weighted by Gasteiger charge is -2.09. The van der Waals surface area contributed by atoms with Crippen molar-refractivity contribution in [3.63, 3.8) is 0 Å². The van der Waals surface area contributed by atoms with Crippen molar-refractivity contribution in [1.29, 1.82) is 0 Å². The predicted molar refractivity (Wildman–Crippen MR) is 116 cm³/mol. The van der Waals surface area contributed by atoms with Crippen molar-refractivity contribution in [2.45, 2.75) is 19.8 Å². The minimum atomic E-state index is -0.165. The highest BCUT2D eigenvalue weighted by atomic mass is 16.5. The summed E-state index contributed by atoms with van der Waals surface area (Å²) in [6, 6.07) is 20.1. The highest BCUT2D eigenvalue weighted by Gasteiger charge is 2.05. The molecule has 0 saturated heterocycles. The summed E-state index contributed by atoms with van der Waals surface area (Å²) in [5.74, 6) is 1.46. The number of benzene rings is 3. The van der Waals surface area contributed by atoms with Crippen LogP contribution in [0.15, 0.2) is 66.7 Å². The van der Waals surface area contributed by atoms with E-state index >= 15 is 0 Å². The SMILES string of the molecule is CCOC(=O)CCc1ccc(OCC=Cc2c(OC)ccc3ccccc23)cc1. The Labute approximate surface area is 171 Å². The molecular weight excluding hydrogens is 364 g/mol. The molecule has 29 heavy (non-hydrogen) atoms. The number of hydrogen-bond donors (Lipinski definition) is 0. The molecule has 0 fully saturated rings. The summed E-state index contributed by atoms with van der Waals surface area (Å²) in [5.41, 5.74) is 2.13. The fraction of sp³-hybridized carbons (Fsp3) is 0.240. The van der Waals surface area contributed by atoms with E-state index in [0.29, 0.717) is 26.1 Å². The van der Waals surface area contributed by atoms with E-state index in [0.717, 1.165) is 28.0 Å². The van der Waals surface area contributed by atoms with Crippen LogP contribution in [-0.4, -0.2) is 26.3 Å². The molecule has 3 rings (SSSR count). The lowest BCUT2D eigenvalue weighted by Crippen LogP contribution is -2.05. The first-order valence-corrected chi connectivity index (χ1v) is 9.81. The van der Waals surface area contributed by atoms with Crippen molar-refractivity contribution in [3.05, 3.63) is 77.9 Å². The topological polar surface area (TPSA) is 44.8 Å². The fourth-order valence-electron chi connectivity index (χ4n) is 3.17. The molecule has 4 nitrogen and oxygen atoms in total. The molecule has 3 aromatic carbocycles. The second kappa shape index (κ2) is 10.3. The van der Waals surface area contributed by atoms with Gasteiger partial charge in [0.05, 0.1) is 13.7 Å². The van der Waals surface area contributed by atoms with E-state index in [4.69, 9.17) is 14.2 Å². The number of rotatable bonds is 9. The number of fused-ring (bicyclic) bond motifs is 1. The van der Waals surface area contributed by atoms with Gasteiger partial charge in [0, 0.05) is 12.0 Å². The van der Waals surface area contributed by atoms with Gasteiger partial charge in [-0.05, 0) is 54.0 Å². The monoisotopic (exact) mass is 390 g/mol. The van der Waals surface area contributed by atoms with E-state index in [2.05, 4.69) is 18.2 Å². The van der Waals surface area contributed by atoms with Gasteiger partial charge in [0.25, 0.3) is 0 Å². The third-order valence-electron chi connectivity index (χ3n) is 4.63. The van der Waals surface area contributed by atoms with E-state index in [1.54, 1.807) is 7.11 Å². The minimum absolute atomic E-state index is 0.165. The number of ether oxygens (including phenoxy) is 3. The molecule has 0 aliphatic heterocycles. The summed E-state index contributed by atoms with van der Waals surface area (Å²) in [5, 5.41) is 2.32. The van der Waals surface area contributed by atoms with Crippen molar-refractivity contribution in [1.82, 2.24) is 0 Å². The zero-order valence-corrected chi connectivity index (χ0v) is 16.9. The van der Waals surface area contributed by atoms with Gasteiger partial charge in [0.1, 0.15) is 18.1 Å². The lowest BCUT2D eigenvalue weighted by molar-refractivity contribution is -0.143. The first-order chi connectivity index (χ1) is 14.2. The van der Waals surface area contributed by atoms with Crippen LogP contribution in [0.4, 0.5) is 0 Å². The number of carbonyl (C=O) groups is 1. The zero-order chi connectivity index (χ0) is 20.5. The van der Waals surface area contributed by atoms with Crippen LogP contribution in [0.3, 0.4) is 0 Å². The van der Waals surface area contributed by atoms with E-state index < -0.39 is 0 Å². The molecule has 3 aromatic rings. The molecule has 0 spiro atoms. The summed E-state index contributed by atoms with van der Waals surface area (Å²) in [4.78, 5) is 11.4. The average Bonchev–Trinajstić information content (AvgIpc) is 2.76. The van der Waals surface area contributed by atoms with Gasteiger partial charge in [0.15, 0.2) is 0 Å². The third kappa shape index (κ3) is 5.61. The van der Waals surface area contributed by atoms with Crippen LogP contribution in [0, 0.1) is 0 Å². The normalized spacial score (nSPS) is 11.0. The Morgan fingerprint density at radius 1 is 1.00 bits per heavy atom. The van der Waals surface area contributed by atoms with Crippen molar-refractivity contribution in [3.8, 4) is 11.5 Å². The molecule has 0 aliphatic rings. The Morgan fingerprint density at radius 2 is 1.79 bits per heavy atom. The third-order valence-corrected chi connectivity index (χ3v) is 4.63. The summed E-state index contributed by atoms with van der Waals surface area (Å²) in [6.07, 6.45) is 5.08. The molecule has 150 valence electrons. The van der Waals surface area contributed by atoms with Crippen molar-refractivity contribution in [2.75, 3.05) is 20.3 Å². The van der Waals surface area contributed by atoms with Gasteiger partial charge in [-0.15, -0.1) is 0 Å². The standard InChI is InChI=1S/C25H26O4/c1-3-28-25(26)17-12-19-10-14-21(15-11-19)29-18-6-9-23-22-8-5-4-7-20(22)13-16-24(23)27-2/h4-11,13-16H,3,12,17-18H2,1-2H3. The molecule has 0 saturated carbocycles. The van der Waals surface area contributed by atoms with Crippen LogP contribution in [0.2, 0.25) is 0 Å². The first-order valence-electron chi connectivity index (χ1n) is 9.81. The van der Waals surface area contributed by atoms with Gasteiger partial charge in [-0.25, -0.2) is 0 Å². The van der Waals surface area contributed by atoms with Gasteiger partial charge < -0.3 is 14.2 Å². The zero-order valence-electron chi connectivity index (χ0n) is 16.9. The molecule has 0 atom stereocenters. The molecular formula is C25H26O4. The quantitative estimate of drug-likeness (QED) is 0.457. The van der Waals surface area contributed by atoms with Gasteiger partial charge in [-0.3, -0.25) is 4.79 Å². The molecule has 0 unspecified atom stereocenters. The fourth-order valence-corrected chi connectivity index (χ4v) is 3.17. The molecule has 0 heterocycles. The predicted octanol–water partition coefficient (Wildman–Crippen LogP) is 5.44. The average molecular weight is 390 g/mol. The second-order valence-corrected chi connectivity index (χ2v) is 6.56. The lowest BCUT2D eigenvalue weighted by atomic mass is 10.0. The molecule has 0 bridgehead atoms. The smallest absolute Gasteiger partial charge is 0.306 e. The number of hydrogen-bond acceptors (Lipinski definition) is 4. The van der Waals surface area contributed by atoms with Crippen LogP contribution >= 0.6 is 0 Å². The van der Waals surface area contributed by atoms with Gasteiger partial charge >= 0.3 is 5.97 Å². The molecule has 4 heteroatoms. The molecule has 0 N–H and O–H groups in total. The van der Waals surface area contributed by atoms with Gasteiger partial charge in [0.2, 0.25) is 0 Å². The minimum Gasteiger partial charge on any atom is -0.496 e. The highest BCUT2D eigenvalue weighted by Crippen LogP contribution is 2.29. The van der Waals surface area contributed by atoms with Crippen LogP contribution in [-0.2, 0) is 16.0 Å². The summed E-state index contributed by atoms with van der Waals surface area (Å²) < 4.78 is 16.3. The molecule has 0 amide bonds. The maximum atomic E-state index is 11.4. The Bertz CT molecular complexity index is 974. The summed E-state index contributed by atoms with van der Waals surface area (Å²) >= 11 is 0. The van der Waals surface area contributed by atoms with Gasteiger partial charge in [-0.1, -0.05) is 48.5 Å². The highest BCUT2D eigenvalue weighted by molar-refractivity contribution is 5.93. The van der Waals surface area contributed by atoms with Crippen LogP contribution < -0.4 is 9.47 Å². The molecule has 0 aromatic heterocycles.